The number of nitrogens with one attached hydrogen (secondary N) is 2. The van der Waals surface area contributed by atoms with Gasteiger partial charge in [0.25, 0.3) is 0 Å². The smallest absolute Gasteiger partial charge is 0.340 e. The van der Waals surface area contributed by atoms with E-state index in [4.69, 9.17) is 33.7 Å². The third-order valence-corrected chi connectivity index (χ3v) is 4.12. The molecule has 0 radical (unpaired) electrons. The Labute approximate surface area is 171 Å². The maximum absolute atomic E-state index is 12.1. The van der Waals surface area contributed by atoms with Crippen LogP contribution in [0.4, 0.5) is 28.7 Å². The molecule has 0 bridgehead atoms. The minimum Gasteiger partial charge on any atom is -0.462 e. The molecule has 0 saturated heterocycles. The van der Waals surface area contributed by atoms with Gasteiger partial charge < -0.3 is 21.1 Å². The third kappa shape index (κ3) is 4.62. The van der Waals surface area contributed by atoms with Crippen LogP contribution in [0, 0.1) is 0 Å². The molecule has 0 saturated carbocycles. The SMILES string of the molecule is CCOC(=O)c1ccccc1Nc1ncnc(Nc2cc(Cl)cc(Cl)c2)c1N. The molecule has 0 spiro atoms. The Morgan fingerprint density at radius 1 is 1.07 bits per heavy atom. The predicted octanol–water partition coefficient (Wildman–Crippen LogP) is 5.03. The van der Waals surface area contributed by atoms with E-state index >= 15 is 0 Å². The lowest BCUT2D eigenvalue weighted by molar-refractivity contribution is 0.0527. The van der Waals surface area contributed by atoms with Gasteiger partial charge in [-0.2, -0.15) is 0 Å². The summed E-state index contributed by atoms with van der Waals surface area (Å²) in [5.41, 5.74) is 7.99. The molecule has 9 heteroatoms. The van der Waals surface area contributed by atoms with Crippen molar-refractivity contribution in [3.8, 4) is 0 Å². The minimum atomic E-state index is -0.440. The molecule has 0 aliphatic carbocycles. The van der Waals surface area contributed by atoms with Crippen molar-refractivity contribution in [1.82, 2.24) is 9.97 Å². The molecule has 28 heavy (non-hydrogen) atoms. The van der Waals surface area contributed by atoms with Gasteiger partial charge >= 0.3 is 5.97 Å². The number of carbonyl (C=O) groups excluding carboxylic acids is 1. The number of nitrogens with zero attached hydrogens (tertiary/aromatic N) is 2. The zero-order chi connectivity index (χ0) is 20.1. The number of nitrogen functional groups attached to an aromatic ring is 1. The van der Waals surface area contributed by atoms with E-state index in [1.54, 1.807) is 49.4 Å². The topological polar surface area (TPSA) is 102 Å². The summed E-state index contributed by atoms with van der Waals surface area (Å²) in [4.78, 5) is 20.5. The molecule has 0 unspecified atom stereocenters. The summed E-state index contributed by atoms with van der Waals surface area (Å²) in [6.07, 6.45) is 1.35. The second-order valence-electron chi connectivity index (χ2n) is 5.66. The zero-order valence-corrected chi connectivity index (χ0v) is 16.4. The van der Waals surface area contributed by atoms with Gasteiger partial charge in [-0.25, -0.2) is 14.8 Å². The molecule has 0 aliphatic heterocycles. The number of benzene rings is 2. The molecule has 3 aromatic rings. The normalized spacial score (nSPS) is 10.4. The Hall–Kier alpha value is -3.03. The van der Waals surface area contributed by atoms with Gasteiger partial charge in [-0.1, -0.05) is 35.3 Å². The van der Waals surface area contributed by atoms with Gasteiger partial charge in [-0.15, -0.1) is 0 Å². The largest absolute Gasteiger partial charge is 0.462 e. The minimum absolute atomic E-state index is 0.261. The third-order valence-electron chi connectivity index (χ3n) is 3.68. The molecular weight excluding hydrogens is 401 g/mol. The van der Waals surface area contributed by atoms with Crippen LogP contribution in [0.5, 0.6) is 0 Å². The number of nitrogens with two attached hydrogens (primary N) is 1. The standard InChI is InChI=1S/C19H17Cl2N5O2/c1-2-28-19(27)14-5-3-4-6-15(14)26-18-16(22)17(23-10-24-18)25-13-8-11(20)7-12(21)9-13/h3-10H,2,22H2,1H3,(H2,23,24,25,26). The van der Waals surface area contributed by atoms with Crippen molar-refractivity contribution in [1.29, 1.82) is 0 Å². The van der Waals surface area contributed by atoms with Gasteiger partial charge in [0.15, 0.2) is 11.6 Å². The van der Waals surface area contributed by atoms with E-state index in [0.717, 1.165) is 0 Å². The lowest BCUT2D eigenvalue weighted by Gasteiger charge is -2.14. The van der Waals surface area contributed by atoms with Crippen LogP contribution in [0.3, 0.4) is 0 Å². The summed E-state index contributed by atoms with van der Waals surface area (Å²) in [6.45, 7) is 2.02. The molecule has 2 aromatic carbocycles. The average Bonchev–Trinajstić information content (AvgIpc) is 2.65. The summed E-state index contributed by atoms with van der Waals surface area (Å²) in [6, 6.07) is 11.9. The van der Waals surface area contributed by atoms with Crippen molar-refractivity contribution in [2.45, 2.75) is 6.92 Å². The fraction of sp³-hybridized carbons (Fsp3) is 0.105. The van der Waals surface area contributed by atoms with Crippen molar-refractivity contribution in [2.75, 3.05) is 23.0 Å². The molecule has 4 N–H and O–H groups in total. The Morgan fingerprint density at radius 2 is 1.71 bits per heavy atom. The monoisotopic (exact) mass is 417 g/mol. The highest BCUT2D eigenvalue weighted by Crippen LogP contribution is 2.31. The number of anilines is 5. The Morgan fingerprint density at radius 3 is 2.39 bits per heavy atom. The molecule has 1 aromatic heterocycles. The summed E-state index contributed by atoms with van der Waals surface area (Å²) < 4.78 is 5.08. The second-order valence-corrected chi connectivity index (χ2v) is 6.53. The number of aromatic nitrogens is 2. The van der Waals surface area contributed by atoms with Crippen LogP contribution in [0.25, 0.3) is 0 Å². The quantitative estimate of drug-likeness (QED) is 0.483. The number of hydrogen-bond donors (Lipinski definition) is 3. The van der Waals surface area contributed by atoms with Crippen LogP contribution in [0.1, 0.15) is 17.3 Å². The Bertz CT molecular complexity index is 993. The van der Waals surface area contributed by atoms with E-state index in [1.807, 2.05) is 0 Å². The highest BCUT2D eigenvalue weighted by molar-refractivity contribution is 6.35. The van der Waals surface area contributed by atoms with Crippen LogP contribution >= 0.6 is 23.2 Å². The van der Waals surface area contributed by atoms with Gasteiger partial charge in [0.2, 0.25) is 0 Å². The lowest BCUT2D eigenvalue weighted by atomic mass is 10.2. The van der Waals surface area contributed by atoms with E-state index in [1.165, 1.54) is 6.33 Å². The fourth-order valence-electron chi connectivity index (χ4n) is 2.46. The summed E-state index contributed by atoms with van der Waals surface area (Å²) in [5.74, 6) is 0.261. The highest BCUT2D eigenvalue weighted by Gasteiger charge is 2.15. The van der Waals surface area contributed by atoms with Gasteiger partial charge in [-0.3, -0.25) is 0 Å². The molecule has 0 atom stereocenters. The van der Waals surface area contributed by atoms with Crippen LogP contribution in [-0.4, -0.2) is 22.5 Å². The first-order valence-corrected chi connectivity index (χ1v) is 9.10. The molecule has 0 amide bonds. The predicted molar refractivity (Wildman–Crippen MR) is 112 cm³/mol. The molecule has 0 fully saturated rings. The zero-order valence-electron chi connectivity index (χ0n) is 14.9. The van der Waals surface area contributed by atoms with Crippen molar-refractivity contribution < 1.29 is 9.53 Å². The van der Waals surface area contributed by atoms with E-state index < -0.39 is 5.97 Å². The second kappa shape index (κ2) is 8.77. The summed E-state index contributed by atoms with van der Waals surface area (Å²) in [5, 5.41) is 7.07. The van der Waals surface area contributed by atoms with E-state index in [2.05, 4.69) is 20.6 Å². The lowest BCUT2D eigenvalue weighted by Crippen LogP contribution is -2.10. The number of hydrogen-bond acceptors (Lipinski definition) is 7. The van der Waals surface area contributed by atoms with Crippen molar-refractivity contribution in [2.24, 2.45) is 0 Å². The fourth-order valence-corrected chi connectivity index (χ4v) is 2.99. The Kier molecular flexibility index (Phi) is 6.18. The average molecular weight is 418 g/mol. The summed E-state index contributed by atoms with van der Waals surface area (Å²) >= 11 is 12.0. The first-order valence-electron chi connectivity index (χ1n) is 8.34. The van der Waals surface area contributed by atoms with E-state index in [-0.39, 0.29) is 12.3 Å². The number of ether oxygens (including phenoxy) is 1. The van der Waals surface area contributed by atoms with E-state index in [9.17, 15) is 4.79 Å². The van der Waals surface area contributed by atoms with Crippen LogP contribution in [0.2, 0.25) is 10.0 Å². The van der Waals surface area contributed by atoms with Crippen molar-refractivity contribution >= 4 is 57.9 Å². The molecule has 144 valence electrons. The maximum atomic E-state index is 12.1. The maximum Gasteiger partial charge on any atom is 0.340 e. The van der Waals surface area contributed by atoms with E-state index in [0.29, 0.717) is 38.6 Å². The number of halogens is 2. The molecule has 0 aliphatic rings. The van der Waals surface area contributed by atoms with Crippen LogP contribution in [-0.2, 0) is 4.74 Å². The number of para-hydroxylation sites is 1. The number of esters is 1. The molecular formula is C19H17Cl2N5O2. The van der Waals surface area contributed by atoms with Crippen molar-refractivity contribution in [3.05, 3.63) is 64.4 Å². The molecule has 1 heterocycles. The van der Waals surface area contributed by atoms with Crippen LogP contribution < -0.4 is 16.4 Å². The molecule has 3 rings (SSSR count). The molecule has 7 nitrogen and oxygen atoms in total. The number of rotatable bonds is 6. The first-order chi connectivity index (χ1) is 13.5. The van der Waals surface area contributed by atoms with Gasteiger partial charge in [0.05, 0.1) is 17.9 Å². The highest BCUT2D eigenvalue weighted by atomic mass is 35.5. The summed E-state index contributed by atoms with van der Waals surface area (Å²) in [7, 11) is 0. The Balaban J connectivity index is 1.89. The van der Waals surface area contributed by atoms with Crippen LogP contribution in [0.15, 0.2) is 48.8 Å². The van der Waals surface area contributed by atoms with Crippen molar-refractivity contribution in [3.63, 3.8) is 0 Å². The van der Waals surface area contributed by atoms with Gasteiger partial charge in [0, 0.05) is 15.7 Å². The first kappa shape index (κ1) is 19.7. The number of carbonyl (C=O) groups is 1. The van der Waals surface area contributed by atoms with Gasteiger partial charge in [-0.05, 0) is 37.3 Å². The van der Waals surface area contributed by atoms with Gasteiger partial charge in [0.1, 0.15) is 12.0 Å².